The lowest BCUT2D eigenvalue weighted by atomic mass is 10.1. The molecule has 16 heavy (non-hydrogen) atoms. The molecule has 0 aliphatic heterocycles. The van der Waals surface area contributed by atoms with Crippen molar-refractivity contribution in [1.82, 2.24) is 10.2 Å². The molecule has 0 heterocycles. The van der Waals surface area contributed by atoms with E-state index < -0.39 is 0 Å². The van der Waals surface area contributed by atoms with Crippen LogP contribution < -0.4 is 5.32 Å². The first kappa shape index (κ1) is 12.4. The van der Waals surface area contributed by atoms with E-state index in [-0.39, 0.29) is 0 Å². The van der Waals surface area contributed by atoms with Crippen LogP contribution in [0.1, 0.15) is 46.0 Å². The molecule has 2 saturated carbocycles. The Hall–Kier alpha value is -0.0800. The lowest BCUT2D eigenvalue weighted by Crippen LogP contribution is -2.44. The minimum absolute atomic E-state index is 0.779. The van der Waals surface area contributed by atoms with Crippen LogP contribution in [0.3, 0.4) is 0 Å². The average molecular weight is 224 g/mol. The zero-order valence-corrected chi connectivity index (χ0v) is 11.0. The molecule has 2 rings (SSSR count). The quantitative estimate of drug-likeness (QED) is 0.647. The van der Waals surface area contributed by atoms with E-state index in [1.165, 1.54) is 51.7 Å². The summed E-state index contributed by atoms with van der Waals surface area (Å²) in [6.45, 7) is 9.60. The first-order valence-corrected chi connectivity index (χ1v) is 7.28. The van der Waals surface area contributed by atoms with Crippen molar-refractivity contribution in [2.45, 2.75) is 52.0 Å². The smallest absolute Gasteiger partial charge is 0.0218 e. The van der Waals surface area contributed by atoms with Gasteiger partial charge in [0, 0.05) is 25.7 Å². The fourth-order valence-corrected chi connectivity index (χ4v) is 2.48. The first-order chi connectivity index (χ1) is 7.83. The fraction of sp³-hybridized carbons (Fsp3) is 1.00. The van der Waals surface area contributed by atoms with Crippen LogP contribution in [0.2, 0.25) is 0 Å². The second kappa shape index (κ2) is 6.02. The summed E-state index contributed by atoms with van der Waals surface area (Å²) in [6.07, 6.45) is 7.24. The number of likely N-dealkylation sites (N-methyl/N-ethyl adjacent to an activating group) is 1. The molecule has 0 aromatic carbocycles. The van der Waals surface area contributed by atoms with Gasteiger partial charge in [0.15, 0.2) is 0 Å². The highest BCUT2D eigenvalue weighted by molar-refractivity contribution is 4.86. The zero-order valence-electron chi connectivity index (χ0n) is 11.0. The molecule has 1 atom stereocenters. The fourth-order valence-electron chi connectivity index (χ4n) is 2.48. The Kier molecular flexibility index (Phi) is 4.66. The highest BCUT2D eigenvalue weighted by Gasteiger charge is 2.31. The summed E-state index contributed by atoms with van der Waals surface area (Å²) in [5, 5.41) is 3.53. The van der Waals surface area contributed by atoms with Crippen molar-refractivity contribution < 1.29 is 0 Å². The molecule has 0 saturated heterocycles. The third-order valence-corrected chi connectivity index (χ3v) is 4.00. The van der Waals surface area contributed by atoms with Gasteiger partial charge in [-0.05, 0) is 50.5 Å². The molecule has 0 aromatic rings. The van der Waals surface area contributed by atoms with Crippen molar-refractivity contribution in [2.24, 2.45) is 11.8 Å². The van der Waals surface area contributed by atoms with Crippen molar-refractivity contribution in [2.75, 3.05) is 26.2 Å². The minimum atomic E-state index is 0.779. The normalized spacial score (nSPS) is 22.7. The molecule has 1 N–H and O–H groups in total. The van der Waals surface area contributed by atoms with Gasteiger partial charge in [0.25, 0.3) is 0 Å². The van der Waals surface area contributed by atoms with Gasteiger partial charge in [-0.2, -0.15) is 0 Å². The van der Waals surface area contributed by atoms with Crippen LogP contribution in [0.15, 0.2) is 0 Å². The summed E-state index contributed by atoms with van der Waals surface area (Å²) in [6, 6.07) is 0.779. The lowest BCUT2D eigenvalue weighted by Gasteiger charge is -2.31. The van der Waals surface area contributed by atoms with Gasteiger partial charge in [-0.3, -0.25) is 4.90 Å². The van der Waals surface area contributed by atoms with Gasteiger partial charge in [-0.15, -0.1) is 0 Å². The highest BCUT2D eigenvalue weighted by atomic mass is 15.2. The van der Waals surface area contributed by atoms with Gasteiger partial charge in [0.1, 0.15) is 0 Å². The summed E-state index contributed by atoms with van der Waals surface area (Å²) in [7, 11) is 0. The average Bonchev–Trinajstić information content (AvgIpc) is 3.13. The van der Waals surface area contributed by atoms with Gasteiger partial charge in [-0.25, -0.2) is 0 Å². The van der Waals surface area contributed by atoms with Crippen molar-refractivity contribution in [3.8, 4) is 0 Å². The molecule has 2 nitrogen and oxygen atoms in total. The van der Waals surface area contributed by atoms with E-state index in [1.54, 1.807) is 0 Å². The second-order valence-corrected chi connectivity index (χ2v) is 5.71. The Labute approximate surface area is 101 Å². The summed E-state index contributed by atoms with van der Waals surface area (Å²) < 4.78 is 0. The topological polar surface area (TPSA) is 15.3 Å². The molecule has 2 aliphatic rings. The van der Waals surface area contributed by atoms with Crippen LogP contribution in [0.25, 0.3) is 0 Å². The Bertz CT molecular complexity index is 183. The van der Waals surface area contributed by atoms with E-state index >= 15 is 0 Å². The maximum atomic E-state index is 3.53. The van der Waals surface area contributed by atoms with Crippen LogP contribution >= 0.6 is 0 Å². The predicted molar refractivity (Wildman–Crippen MR) is 69.6 cm³/mol. The van der Waals surface area contributed by atoms with Crippen LogP contribution in [0.4, 0.5) is 0 Å². The molecule has 2 aliphatic carbocycles. The van der Waals surface area contributed by atoms with Gasteiger partial charge in [-0.1, -0.05) is 13.8 Å². The first-order valence-electron chi connectivity index (χ1n) is 7.28. The van der Waals surface area contributed by atoms with Crippen molar-refractivity contribution in [3.05, 3.63) is 0 Å². The zero-order chi connectivity index (χ0) is 11.4. The lowest BCUT2D eigenvalue weighted by molar-refractivity contribution is 0.172. The van der Waals surface area contributed by atoms with E-state index in [4.69, 9.17) is 0 Å². The van der Waals surface area contributed by atoms with Crippen LogP contribution in [-0.4, -0.2) is 37.1 Å². The Morgan fingerprint density at radius 1 is 1.06 bits per heavy atom. The third kappa shape index (κ3) is 4.06. The van der Waals surface area contributed by atoms with Crippen molar-refractivity contribution in [3.63, 3.8) is 0 Å². The molecule has 1 unspecified atom stereocenters. The molecule has 2 heteroatoms. The van der Waals surface area contributed by atoms with Crippen LogP contribution in [-0.2, 0) is 0 Å². The maximum Gasteiger partial charge on any atom is 0.0218 e. The monoisotopic (exact) mass is 224 g/mol. The van der Waals surface area contributed by atoms with E-state index in [0.29, 0.717) is 0 Å². The SMILES string of the molecule is CCNCC(CC)N(CC1CC1)CC1CC1. The molecule has 0 amide bonds. The van der Waals surface area contributed by atoms with Crippen LogP contribution in [0.5, 0.6) is 0 Å². The standard InChI is InChI=1S/C14H28N2/c1-3-14(9-15-4-2)16(10-12-5-6-12)11-13-7-8-13/h12-15H,3-11H2,1-2H3. The number of rotatable bonds is 9. The summed E-state index contributed by atoms with van der Waals surface area (Å²) in [5.41, 5.74) is 0. The summed E-state index contributed by atoms with van der Waals surface area (Å²) >= 11 is 0. The summed E-state index contributed by atoms with van der Waals surface area (Å²) in [5.74, 6) is 2.07. The molecule has 2 fully saturated rings. The number of nitrogens with one attached hydrogen (secondary N) is 1. The Morgan fingerprint density at radius 2 is 1.62 bits per heavy atom. The number of hydrogen-bond acceptors (Lipinski definition) is 2. The van der Waals surface area contributed by atoms with Crippen molar-refractivity contribution in [1.29, 1.82) is 0 Å². The predicted octanol–water partition coefficient (Wildman–Crippen LogP) is 2.50. The minimum Gasteiger partial charge on any atom is -0.315 e. The Balaban J connectivity index is 1.79. The summed E-state index contributed by atoms with van der Waals surface area (Å²) in [4.78, 5) is 2.79. The highest BCUT2D eigenvalue weighted by Crippen LogP contribution is 2.34. The molecule has 0 aromatic heterocycles. The van der Waals surface area contributed by atoms with E-state index in [0.717, 1.165) is 24.4 Å². The number of nitrogens with zero attached hydrogens (tertiary/aromatic N) is 1. The van der Waals surface area contributed by atoms with E-state index in [2.05, 4.69) is 24.1 Å². The van der Waals surface area contributed by atoms with Crippen molar-refractivity contribution >= 4 is 0 Å². The molecule has 0 radical (unpaired) electrons. The third-order valence-electron chi connectivity index (χ3n) is 4.00. The molecule has 94 valence electrons. The molecule has 0 spiro atoms. The van der Waals surface area contributed by atoms with Gasteiger partial charge >= 0.3 is 0 Å². The van der Waals surface area contributed by atoms with Gasteiger partial charge in [0.05, 0.1) is 0 Å². The van der Waals surface area contributed by atoms with Crippen LogP contribution in [0, 0.1) is 11.8 Å². The molecular formula is C14H28N2. The maximum absolute atomic E-state index is 3.53. The van der Waals surface area contributed by atoms with Gasteiger partial charge in [0.2, 0.25) is 0 Å². The van der Waals surface area contributed by atoms with E-state index in [9.17, 15) is 0 Å². The second-order valence-electron chi connectivity index (χ2n) is 5.71. The number of hydrogen-bond donors (Lipinski definition) is 1. The molecule has 0 bridgehead atoms. The largest absolute Gasteiger partial charge is 0.315 e. The molecular weight excluding hydrogens is 196 g/mol. The Morgan fingerprint density at radius 3 is 2.00 bits per heavy atom. The van der Waals surface area contributed by atoms with Gasteiger partial charge < -0.3 is 5.32 Å². The van der Waals surface area contributed by atoms with E-state index in [1.807, 2.05) is 0 Å².